The summed E-state index contributed by atoms with van der Waals surface area (Å²) in [4.78, 5) is 0.366. The van der Waals surface area contributed by atoms with E-state index in [1.165, 1.54) is 0 Å². The van der Waals surface area contributed by atoms with Crippen LogP contribution in [-0.2, 0) is 16.6 Å². The van der Waals surface area contributed by atoms with Crippen LogP contribution in [0.3, 0.4) is 0 Å². The van der Waals surface area contributed by atoms with Gasteiger partial charge in [0.1, 0.15) is 4.90 Å². The van der Waals surface area contributed by atoms with Crippen molar-refractivity contribution >= 4 is 22.4 Å². The Labute approximate surface area is 152 Å². The molecule has 0 bridgehead atoms. The molecule has 0 spiro atoms. The Balaban J connectivity index is 0.00000288. The van der Waals surface area contributed by atoms with Gasteiger partial charge in [-0.3, -0.25) is 4.68 Å². The lowest BCUT2D eigenvalue weighted by Crippen LogP contribution is -2.51. The summed E-state index contributed by atoms with van der Waals surface area (Å²) in [6.07, 6.45) is 2.75. The highest BCUT2D eigenvalue weighted by molar-refractivity contribution is 7.89. The normalized spacial score (nSPS) is 20.9. The molecule has 1 aliphatic rings. The maximum atomic E-state index is 13.3. The van der Waals surface area contributed by atoms with Crippen LogP contribution in [0.4, 0.5) is 0 Å². The van der Waals surface area contributed by atoms with E-state index in [1.54, 1.807) is 11.2 Å². The summed E-state index contributed by atoms with van der Waals surface area (Å²) >= 11 is 0. The van der Waals surface area contributed by atoms with Crippen LogP contribution in [0.15, 0.2) is 4.90 Å². The van der Waals surface area contributed by atoms with E-state index in [-0.39, 0.29) is 24.5 Å². The summed E-state index contributed by atoms with van der Waals surface area (Å²) in [6.45, 7) is 11.0. The molecule has 8 heteroatoms. The number of hydrogen-bond donors (Lipinski definition) is 1. The minimum atomic E-state index is -3.56. The number of rotatable bonds is 5. The van der Waals surface area contributed by atoms with Crippen LogP contribution in [0.25, 0.3) is 0 Å². The number of sulfonamides is 1. The van der Waals surface area contributed by atoms with Crippen molar-refractivity contribution in [1.29, 1.82) is 0 Å². The molecule has 24 heavy (non-hydrogen) atoms. The standard InChI is InChI=1S/C16H30N4O2S.ClH/c1-11(2)10-19-14(5)16(13(4)18-19)23(21,22)20-9-7-6-8-15(20)12(3)17;/h11-12,15H,6-10,17H2,1-5H3;1H. The van der Waals surface area contributed by atoms with Crippen molar-refractivity contribution < 1.29 is 8.42 Å². The third-order valence-corrected chi connectivity index (χ3v) is 6.70. The molecule has 0 saturated carbocycles. The zero-order chi connectivity index (χ0) is 17.4. The first kappa shape index (κ1) is 21.4. The SMILES string of the molecule is Cc1nn(CC(C)C)c(C)c1S(=O)(=O)N1CCCCC1C(C)N.Cl. The van der Waals surface area contributed by atoms with Gasteiger partial charge in [-0.1, -0.05) is 20.3 Å². The predicted molar refractivity (Wildman–Crippen MR) is 99.0 cm³/mol. The molecule has 140 valence electrons. The molecule has 2 rings (SSSR count). The van der Waals surface area contributed by atoms with Crippen molar-refractivity contribution in [3.05, 3.63) is 11.4 Å². The first-order valence-corrected chi connectivity index (χ1v) is 9.91. The number of halogens is 1. The number of hydrogen-bond acceptors (Lipinski definition) is 4. The van der Waals surface area contributed by atoms with Crippen LogP contribution in [0, 0.1) is 19.8 Å². The molecule has 6 nitrogen and oxygen atoms in total. The van der Waals surface area contributed by atoms with E-state index < -0.39 is 10.0 Å². The molecule has 2 unspecified atom stereocenters. The quantitative estimate of drug-likeness (QED) is 0.853. The van der Waals surface area contributed by atoms with Crippen molar-refractivity contribution in [2.75, 3.05) is 6.54 Å². The smallest absolute Gasteiger partial charge is 0.247 e. The first-order chi connectivity index (χ1) is 10.7. The molecular weight excluding hydrogens is 348 g/mol. The Morgan fingerprint density at radius 3 is 2.42 bits per heavy atom. The van der Waals surface area contributed by atoms with Crippen molar-refractivity contribution in [2.24, 2.45) is 11.7 Å². The van der Waals surface area contributed by atoms with Crippen LogP contribution in [0.2, 0.25) is 0 Å². The van der Waals surface area contributed by atoms with Gasteiger partial charge in [0.25, 0.3) is 0 Å². The fraction of sp³-hybridized carbons (Fsp3) is 0.812. The summed E-state index contributed by atoms with van der Waals surface area (Å²) in [5.41, 5.74) is 7.36. The van der Waals surface area contributed by atoms with Crippen molar-refractivity contribution in [3.63, 3.8) is 0 Å². The van der Waals surface area contributed by atoms with Gasteiger partial charge in [-0.2, -0.15) is 9.40 Å². The molecule has 1 aliphatic heterocycles. The minimum absolute atomic E-state index is 0. The van der Waals surface area contributed by atoms with Gasteiger partial charge in [0, 0.05) is 25.2 Å². The highest BCUT2D eigenvalue weighted by Gasteiger charge is 2.38. The summed E-state index contributed by atoms with van der Waals surface area (Å²) < 4.78 is 29.9. The van der Waals surface area contributed by atoms with E-state index in [1.807, 2.05) is 18.5 Å². The second kappa shape index (κ2) is 8.17. The van der Waals surface area contributed by atoms with E-state index in [9.17, 15) is 8.42 Å². The van der Waals surface area contributed by atoms with Gasteiger partial charge >= 0.3 is 0 Å². The number of aryl methyl sites for hydroxylation is 1. The van der Waals surface area contributed by atoms with Gasteiger partial charge in [0.05, 0.1) is 11.4 Å². The fourth-order valence-corrected chi connectivity index (χ4v) is 5.60. The molecule has 0 aliphatic carbocycles. The van der Waals surface area contributed by atoms with Gasteiger partial charge in [-0.25, -0.2) is 8.42 Å². The number of aromatic nitrogens is 2. The summed E-state index contributed by atoms with van der Waals surface area (Å²) in [5.74, 6) is 0.412. The Hall–Kier alpha value is -0.630. The third kappa shape index (κ3) is 4.12. The molecule has 0 aromatic carbocycles. The molecule has 1 fully saturated rings. The highest BCUT2D eigenvalue weighted by Crippen LogP contribution is 2.30. The minimum Gasteiger partial charge on any atom is -0.326 e. The van der Waals surface area contributed by atoms with Gasteiger partial charge in [0.2, 0.25) is 10.0 Å². The number of nitrogens with two attached hydrogens (primary N) is 1. The molecule has 2 atom stereocenters. The summed E-state index contributed by atoms with van der Waals surface area (Å²) in [6, 6.07) is -0.294. The molecule has 1 aromatic heterocycles. The van der Waals surface area contributed by atoms with E-state index in [0.717, 1.165) is 31.5 Å². The first-order valence-electron chi connectivity index (χ1n) is 8.47. The average molecular weight is 379 g/mol. The number of nitrogens with zero attached hydrogens (tertiary/aromatic N) is 3. The lowest BCUT2D eigenvalue weighted by Gasteiger charge is -2.36. The van der Waals surface area contributed by atoms with Crippen molar-refractivity contribution in [1.82, 2.24) is 14.1 Å². The van der Waals surface area contributed by atoms with Crippen LogP contribution in [-0.4, -0.2) is 41.1 Å². The average Bonchev–Trinajstić information content (AvgIpc) is 2.73. The van der Waals surface area contributed by atoms with Crippen LogP contribution < -0.4 is 5.73 Å². The van der Waals surface area contributed by atoms with Crippen molar-refractivity contribution in [3.8, 4) is 0 Å². The molecule has 2 N–H and O–H groups in total. The second-order valence-corrected chi connectivity index (χ2v) is 8.94. The monoisotopic (exact) mass is 378 g/mol. The van der Waals surface area contributed by atoms with Gasteiger partial charge < -0.3 is 5.73 Å². The van der Waals surface area contributed by atoms with E-state index >= 15 is 0 Å². The lowest BCUT2D eigenvalue weighted by molar-refractivity contribution is 0.227. The molecule has 2 heterocycles. The van der Waals surface area contributed by atoms with Crippen molar-refractivity contribution in [2.45, 2.75) is 77.4 Å². The predicted octanol–water partition coefficient (Wildman–Crippen LogP) is 2.47. The Morgan fingerprint density at radius 2 is 1.88 bits per heavy atom. The molecule has 0 amide bonds. The fourth-order valence-electron chi connectivity index (χ4n) is 3.45. The largest absolute Gasteiger partial charge is 0.326 e. The molecular formula is C16H31ClN4O2S. The van der Waals surface area contributed by atoms with E-state index in [4.69, 9.17) is 5.73 Å². The maximum absolute atomic E-state index is 13.3. The molecule has 1 aromatic rings. The Bertz CT molecular complexity index is 655. The zero-order valence-corrected chi connectivity index (χ0v) is 17.0. The summed E-state index contributed by atoms with van der Waals surface area (Å²) in [7, 11) is -3.56. The van der Waals surface area contributed by atoms with Gasteiger partial charge in [-0.15, -0.1) is 12.4 Å². The maximum Gasteiger partial charge on any atom is 0.247 e. The summed E-state index contributed by atoms with van der Waals surface area (Å²) in [5, 5.41) is 4.46. The molecule has 0 radical (unpaired) electrons. The lowest BCUT2D eigenvalue weighted by atomic mass is 10.00. The Morgan fingerprint density at radius 1 is 1.25 bits per heavy atom. The second-order valence-electron chi connectivity index (χ2n) is 7.11. The number of piperidine rings is 1. The van der Waals surface area contributed by atoms with Crippen LogP contribution in [0.1, 0.15) is 51.4 Å². The van der Waals surface area contributed by atoms with Crippen LogP contribution >= 0.6 is 12.4 Å². The van der Waals surface area contributed by atoms with E-state index in [0.29, 0.717) is 23.1 Å². The topological polar surface area (TPSA) is 81.2 Å². The van der Waals surface area contributed by atoms with E-state index in [2.05, 4.69) is 18.9 Å². The Kier molecular flexibility index (Phi) is 7.29. The highest BCUT2D eigenvalue weighted by atomic mass is 35.5. The van der Waals surface area contributed by atoms with Gasteiger partial charge in [0.15, 0.2) is 0 Å². The zero-order valence-electron chi connectivity index (χ0n) is 15.3. The van der Waals surface area contributed by atoms with Crippen LogP contribution in [0.5, 0.6) is 0 Å². The molecule has 1 saturated heterocycles. The third-order valence-electron chi connectivity index (χ3n) is 4.53. The van der Waals surface area contributed by atoms with Gasteiger partial charge in [-0.05, 0) is 39.5 Å².